The minimum Gasteiger partial charge on any atom is -0.478 e. The van der Waals surface area contributed by atoms with Gasteiger partial charge in [0.05, 0.1) is 16.9 Å². The van der Waals surface area contributed by atoms with Gasteiger partial charge in [0.15, 0.2) is 5.71 Å². The molecule has 22 heavy (non-hydrogen) atoms. The van der Waals surface area contributed by atoms with E-state index in [4.69, 9.17) is 5.11 Å². The Morgan fingerprint density at radius 1 is 1.18 bits per heavy atom. The van der Waals surface area contributed by atoms with Crippen LogP contribution >= 0.6 is 15.9 Å². The third-order valence-corrected chi connectivity index (χ3v) is 3.62. The van der Waals surface area contributed by atoms with E-state index in [-0.39, 0.29) is 17.2 Å². The average Bonchev–Trinajstić information content (AvgIpc) is 2.80. The molecule has 0 bridgehead atoms. The summed E-state index contributed by atoms with van der Waals surface area (Å²) < 4.78 is 0.866. The predicted octanol–water partition coefficient (Wildman–Crippen LogP) is 2.92. The Bertz CT molecular complexity index is 800. The van der Waals surface area contributed by atoms with Crippen molar-refractivity contribution in [2.24, 2.45) is 5.10 Å². The van der Waals surface area contributed by atoms with Crippen molar-refractivity contribution in [3.63, 3.8) is 0 Å². The molecule has 0 radical (unpaired) electrons. The van der Waals surface area contributed by atoms with Gasteiger partial charge in [-0.25, -0.2) is 4.79 Å². The molecule has 3 rings (SSSR count). The van der Waals surface area contributed by atoms with Crippen LogP contribution in [0.4, 0.5) is 11.4 Å². The summed E-state index contributed by atoms with van der Waals surface area (Å²) in [5, 5.41) is 15.7. The number of benzene rings is 2. The van der Waals surface area contributed by atoms with Gasteiger partial charge in [-0.3, -0.25) is 10.2 Å². The van der Waals surface area contributed by atoms with Gasteiger partial charge in [0, 0.05) is 10.0 Å². The fraction of sp³-hybridized carbons (Fsp3) is 0. The number of fused-ring (bicyclic) bond motifs is 1. The lowest BCUT2D eigenvalue weighted by molar-refractivity contribution is -0.110. The molecule has 2 aromatic carbocycles. The van der Waals surface area contributed by atoms with E-state index in [2.05, 4.69) is 31.8 Å². The molecular weight excluding hydrogens is 350 g/mol. The largest absolute Gasteiger partial charge is 0.478 e. The van der Waals surface area contributed by atoms with Gasteiger partial charge in [0.2, 0.25) is 0 Å². The van der Waals surface area contributed by atoms with Crippen molar-refractivity contribution in [1.29, 1.82) is 0 Å². The maximum Gasteiger partial charge on any atom is 0.335 e. The number of hydrogen-bond acceptors (Lipinski definition) is 4. The number of hydrazone groups is 1. The second-order valence-corrected chi connectivity index (χ2v) is 5.51. The van der Waals surface area contributed by atoms with Crippen molar-refractivity contribution in [2.75, 3.05) is 10.7 Å². The smallest absolute Gasteiger partial charge is 0.335 e. The minimum absolute atomic E-state index is 0.187. The van der Waals surface area contributed by atoms with Gasteiger partial charge >= 0.3 is 5.97 Å². The van der Waals surface area contributed by atoms with Crippen LogP contribution in [-0.4, -0.2) is 22.7 Å². The molecule has 2 aromatic rings. The Morgan fingerprint density at radius 2 is 1.91 bits per heavy atom. The number of carbonyl (C=O) groups is 2. The second-order valence-electron chi connectivity index (χ2n) is 4.60. The molecular formula is C15H10BrN3O3. The normalized spacial score (nSPS) is 14.6. The Hall–Kier alpha value is -2.67. The number of amides is 1. The van der Waals surface area contributed by atoms with Crippen LogP contribution in [0.3, 0.4) is 0 Å². The van der Waals surface area contributed by atoms with Crippen LogP contribution in [0.1, 0.15) is 15.9 Å². The lowest BCUT2D eigenvalue weighted by Gasteiger charge is -2.02. The zero-order valence-electron chi connectivity index (χ0n) is 11.1. The highest BCUT2D eigenvalue weighted by Crippen LogP contribution is 2.27. The van der Waals surface area contributed by atoms with Crippen LogP contribution in [0.15, 0.2) is 52.0 Å². The van der Waals surface area contributed by atoms with Gasteiger partial charge in [-0.2, -0.15) is 5.10 Å². The SMILES string of the molecule is O=C1Nc2cc(Br)ccc2/C1=N/Nc1ccc(C(=O)O)cc1. The minimum atomic E-state index is -0.993. The number of anilines is 2. The topological polar surface area (TPSA) is 90.8 Å². The molecule has 1 heterocycles. The first-order valence-electron chi connectivity index (χ1n) is 6.33. The van der Waals surface area contributed by atoms with E-state index >= 15 is 0 Å². The molecule has 0 atom stereocenters. The lowest BCUT2D eigenvalue weighted by Crippen LogP contribution is -2.15. The molecule has 0 aliphatic carbocycles. The second kappa shape index (κ2) is 5.61. The van der Waals surface area contributed by atoms with E-state index in [1.54, 1.807) is 24.3 Å². The van der Waals surface area contributed by atoms with Gasteiger partial charge in [-0.05, 0) is 42.5 Å². The van der Waals surface area contributed by atoms with Crippen molar-refractivity contribution >= 4 is 44.9 Å². The van der Waals surface area contributed by atoms with Crippen molar-refractivity contribution in [3.8, 4) is 0 Å². The molecule has 1 aliphatic heterocycles. The van der Waals surface area contributed by atoms with Crippen molar-refractivity contribution in [1.82, 2.24) is 0 Å². The summed E-state index contributed by atoms with van der Waals surface area (Å²) in [5.41, 5.74) is 5.23. The first-order chi connectivity index (χ1) is 10.5. The summed E-state index contributed by atoms with van der Waals surface area (Å²) in [4.78, 5) is 22.7. The van der Waals surface area contributed by atoms with E-state index < -0.39 is 5.97 Å². The number of aromatic carboxylic acids is 1. The first kappa shape index (κ1) is 14.3. The fourth-order valence-corrected chi connectivity index (χ4v) is 2.41. The highest BCUT2D eigenvalue weighted by Gasteiger charge is 2.26. The molecule has 0 aromatic heterocycles. The van der Waals surface area contributed by atoms with Gasteiger partial charge in [-0.1, -0.05) is 15.9 Å². The van der Waals surface area contributed by atoms with Crippen molar-refractivity contribution in [2.45, 2.75) is 0 Å². The zero-order valence-corrected chi connectivity index (χ0v) is 12.7. The molecule has 1 amide bonds. The van der Waals surface area contributed by atoms with Crippen LogP contribution in [0, 0.1) is 0 Å². The van der Waals surface area contributed by atoms with Crippen molar-refractivity contribution in [3.05, 3.63) is 58.1 Å². The molecule has 0 spiro atoms. The molecule has 0 saturated heterocycles. The number of hydrogen-bond donors (Lipinski definition) is 3. The van der Waals surface area contributed by atoms with Crippen LogP contribution < -0.4 is 10.7 Å². The Balaban J connectivity index is 1.84. The molecule has 110 valence electrons. The van der Waals surface area contributed by atoms with Crippen LogP contribution in [0.2, 0.25) is 0 Å². The maximum atomic E-state index is 11.9. The van der Waals surface area contributed by atoms with Gasteiger partial charge in [0.1, 0.15) is 0 Å². The van der Waals surface area contributed by atoms with Gasteiger partial charge < -0.3 is 10.4 Å². The van der Waals surface area contributed by atoms with Gasteiger partial charge in [-0.15, -0.1) is 0 Å². The molecule has 0 fully saturated rings. The predicted molar refractivity (Wildman–Crippen MR) is 86.3 cm³/mol. The maximum absolute atomic E-state index is 11.9. The standard InChI is InChI=1S/C15H10BrN3O3/c16-9-3-6-11-12(7-9)17-14(20)13(11)19-18-10-4-1-8(2-5-10)15(21)22/h1-7,18H,(H,21,22)(H,17,19,20). The summed E-state index contributed by atoms with van der Waals surface area (Å²) in [7, 11) is 0. The van der Waals surface area contributed by atoms with E-state index in [9.17, 15) is 9.59 Å². The third kappa shape index (κ3) is 2.71. The van der Waals surface area contributed by atoms with E-state index in [1.165, 1.54) is 12.1 Å². The highest BCUT2D eigenvalue weighted by molar-refractivity contribution is 9.10. The monoisotopic (exact) mass is 359 g/mol. The summed E-state index contributed by atoms with van der Waals surface area (Å²) in [6.45, 7) is 0. The number of rotatable bonds is 3. The molecule has 7 heteroatoms. The number of nitrogens with one attached hydrogen (secondary N) is 2. The van der Waals surface area contributed by atoms with E-state index in [0.29, 0.717) is 16.9 Å². The highest BCUT2D eigenvalue weighted by atomic mass is 79.9. The molecule has 0 saturated carbocycles. The zero-order chi connectivity index (χ0) is 15.7. The number of carboxylic acids is 1. The Kier molecular flexibility index (Phi) is 3.64. The summed E-state index contributed by atoms with van der Waals surface area (Å²) in [6, 6.07) is 11.5. The molecule has 6 nitrogen and oxygen atoms in total. The quantitative estimate of drug-likeness (QED) is 0.734. The first-order valence-corrected chi connectivity index (χ1v) is 7.12. The van der Waals surface area contributed by atoms with Crippen LogP contribution in [-0.2, 0) is 4.79 Å². The third-order valence-electron chi connectivity index (χ3n) is 3.13. The van der Waals surface area contributed by atoms with Crippen molar-refractivity contribution < 1.29 is 14.7 Å². The summed E-state index contributed by atoms with van der Waals surface area (Å²) >= 11 is 3.34. The number of nitrogens with zero attached hydrogens (tertiary/aromatic N) is 1. The molecule has 1 aliphatic rings. The Labute approximate surface area is 134 Å². The van der Waals surface area contributed by atoms with Gasteiger partial charge in [0.25, 0.3) is 5.91 Å². The van der Waals surface area contributed by atoms with Crippen LogP contribution in [0.25, 0.3) is 0 Å². The molecule has 3 N–H and O–H groups in total. The fourth-order valence-electron chi connectivity index (χ4n) is 2.05. The average molecular weight is 360 g/mol. The summed E-state index contributed by atoms with van der Waals surface area (Å²) in [6.07, 6.45) is 0. The van der Waals surface area contributed by atoms with Crippen LogP contribution in [0.5, 0.6) is 0 Å². The van der Waals surface area contributed by atoms with E-state index in [1.807, 2.05) is 6.07 Å². The summed E-state index contributed by atoms with van der Waals surface area (Å²) in [5.74, 6) is -1.28. The number of carbonyl (C=O) groups excluding carboxylic acids is 1. The number of halogens is 1. The Morgan fingerprint density at radius 3 is 2.59 bits per heavy atom. The number of carboxylic acid groups (broad SMARTS) is 1. The molecule has 0 unspecified atom stereocenters. The lowest BCUT2D eigenvalue weighted by atomic mass is 10.1. The van der Waals surface area contributed by atoms with E-state index in [0.717, 1.165) is 4.47 Å².